The first-order chi connectivity index (χ1) is 13.4. The fourth-order valence-corrected chi connectivity index (χ4v) is 2.76. The van der Waals surface area contributed by atoms with Gasteiger partial charge in [0.15, 0.2) is 6.61 Å². The first-order valence-corrected chi connectivity index (χ1v) is 9.68. The molecule has 28 heavy (non-hydrogen) atoms. The first kappa shape index (κ1) is 21.5. The van der Waals surface area contributed by atoms with E-state index in [2.05, 4.69) is 5.32 Å². The van der Waals surface area contributed by atoms with Gasteiger partial charge in [-0.1, -0.05) is 62.4 Å². The van der Waals surface area contributed by atoms with Gasteiger partial charge in [-0.2, -0.15) is 0 Å². The fourth-order valence-electron chi connectivity index (χ4n) is 2.76. The number of hydrogen-bond acceptors (Lipinski definition) is 3. The second-order valence-electron chi connectivity index (χ2n) is 7.38. The van der Waals surface area contributed by atoms with Crippen molar-refractivity contribution in [1.29, 1.82) is 0 Å². The number of carbonyl (C=O) groups excluding carboxylic acids is 2. The zero-order valence-electron chi connectivity index (χ0n) is 17.1. The molecular formula is C23H30N2O3. The highest BCUT2D eigenvalue weighted by Crippen LogP contribution is 2.17. The van der Waals surface area contributed by atoms with Crippen LogP contribution in [0.2, 0.25) is 0 Å². The molecule has 0 aliphatic heterocycles. The largest absolute Gasteiger partial charge is 0.484 e. The predicted molar refractivity (Wildman–Crippen MR) is 111 cm³/mol. The molecular weight excluding hydrogens is 352 g/mol. The van der Waals surface area contributed by atoms with E-state index in [1.54, 1.807) is 11.8 Å². The summed E-state index contributed by atoms with van der Waals surface area (Å²) in [5, 5.41) is 2.91. The van der Waals surface area contributed by atoms with Crippen molar-refractivity contribution in [2.75, 3.05) is 13.2 Å². The standard InChI is InChI=1S/C23H30N2O3/c1-17(2)14-24-23(27)19(4)25(15-20-11-6-5-7-12-20)22(26)16-28-21-13-9-8-10-18(21)3/h5-13,17,19H,14-16H2,1-4H3,(H,24,27). The van der Waals surface area contributed by atoms with Crippen molar-refractivity contribution in [3.8, 4) is 5.75 Å². The number of nitrogens with zero attached hydrogens (tertiary/aromatic N) is 1. The first-order valence-electron chi connectivity index (χ1n) is 9.68. The van der Waals surface area contributed by atoms with Crippen LogP contribution in [0.4, 0.5) is 0 Å². The van der Waals surface area contributed by atoms with Gasteiger partial charge in [0.25, 0.3) is 5.91 Å². The minimum atomic E-state index is -0.591. The smallest absolute Gasteiger partial charge is 0.261 e. The van der Waals surface area contributed by atoms with Gasteiger partial charge < -0.3 is 15.0 Å². The SMILES string of the molecule is Cc1ccccc1OCC(=O)N(Cc1ccccc1)C(C)C(=O)NCC(C)C. The number of aryl methyl sites for hydroxylation is 1. The van der Waals surface area contributed by atoms with Gasteiger partial charge in [0.1, 0.15) is 11.8 Å². The van der Waals surface area contributed by atoms with E-state index >= 15 is 0 Å². The molecule has 2 aromatic rings. The van der Waals surface area contributed by atoms with Crippen LogP contribution in [-0.4, -0.2) is 35.9 Å². The van der Waals surface area contributed by atoms with E-state index in [1.807, 2.05) is 75.4 Å². The Balaban J connectivity index is 2.11. The summed E-state index contributed by atoms with van der Waals surface area (Å²) in [6.45, 7) is 8.58. The van der Waals surface area contributed by atoms with Crippen molar-refractivity contribution in [3.63, 3.8) is 0 Å². The molecule has 2 amide bonds. The van der Waals surface area contributed by atoms with Crippen molar-refractivity contribution in [2.45, 2.75) is 40.3 Å². The molecule has 1 atom stereocenters. The summed E-state index contributed by atoms with van der Waals surface area (Å²) in [4.78, 5) is 27.1. The van der Waals surface area contributed by atoms with Gasteiger partial charge in [0.2, 0.25) is 5.91 Å². The molecule has 0 saturated heterocycles. The van der Waals surface area contributed by atoms with Gasteiger partial charge in [0, 0.05) is 13.1 Å². The lowest BCUT2D eigenvalue weighted by molar-refractivity contribution is -0.142. The Hall–Kier alpha value is -2.82. The molecule has 0 aliphatic rings. The predicted octanol–water partition coefficient (Wildman–Crippen LogP) is 3.56. The molecule has 0 radical (unpaired) electrons. The highest BCUT2D eigenvalue weighted by atomic mass is 16.5. The molecule has 1 N–H and O–H groups in total. The number of nitrogens with one attached hydrogen (secondary N) is 1. The van der Waals surface area contributed by atoms with Crippen molar-refractivity contribution >= 4 is 11.8 Å². The Morgan fingerprint density at radius 2 is 1.64 bits per heavy atom. The summed E-state index contributed by atoms with van der Waals surface area (Å²) < 4.78 is 5.72. The lowest BCUT2D eigenvalue weighted by Gasteiger charge is -2.29. The Labute approximate surface area is 167 Å². The second kappa shape index (κ2) is 10.5. The highest BCUT2D eigenvalue weighted by molar-refractivity contribution is 5.88. The number of hydrogen-bond donors (Lipinski definition) is 1. The highest BCUT2D eigenvalue weighted by Gasteiger charge is 2.26. The van der Waals surface area contributed by atoms with Crippen LogP contribution in [0, 0.1) is 12.8 Å². The maximum atomic E-state index is 12.9. The van der Waals surface area contributed by atoms with Crippen molar-refractivity contribution in [1.82, 2.24) is 10.2 Å². The van der Waals surface area contributed by atoms with Crippen LogP contribution in [0.15, 0.2) is 54.6 Å². The molecule has 0 spiro atoms. The van der Waals surface area contributed by atoms with Crippen LogP contribution in [0.5, 0.6) is 5.75 Å². The molecule has 0 heterocycles. The van der Waals surface area contributed by atoms with Crippen LogP contribution in [-0.2, 0) is 16.1 Å². The lowest BCUT2D eigenvalue weighted by Crippen LogP contribution is -2.49. The summed E-state index contributed by atoms with van der Waals surface area (Å²) >= 11 is 0. The second-order valence-corrected chi connectivity index (χ2v) is 7.38. The molecule has 0 bridgehead atoms. The maximum Gasteiger partial charge on any atom is 0.261 e. The fraction of sp³-hybridized carbons (Fsp3) is 0.391. The van der Waals surface area contributed by atoms with Crippen molar-refractivity contribution < 1.29 is 14.3 Å². The molecule has 0 saturated carbocycles. The number of rotatable bonds is 9. The van der Waals surface area contributed by atoms with E-state index < -0.39 is 6.04 Å². The van der Waals surface area contributed by atoms with Crippen LogP contribution < -0.4 is 10.1 Å². The summed E-state index contributed by atoms with van der Waals surface area (Å²) in [5.74, 6) is 0.638. The van der Waals surface area contributed by atoms with Gasteiger partial charge in [-0.25, -0.2) is 0 Å². The van der Waals surface area contributed by atoms with E-state index in [0.29, 0.717) is 24.8 Å². The van der Waals surface area contributed by atoms with Gasteiger partial charge in [-0.3, -0.25) is 9.59 Å². The molecule has 1 unspecified atom stereocenters. The van der Waals surface area contributed by atoms with Gasteiger partial charge in [0.05, 0.1) is 0 Å². The van der Waals surface area contributed by atoms with Gasteiger partial charge in [-0.05, 0) is 37.0 Å². The van der Waals surface area contributed by atoms with Crippen molar-refractivity contribution in [3.05, 3.63) is 65.7 Å². The van der Waals surface area contributed by atoms with E-state index in [0.717, 1.165) is 11.1 Å². The maximum absolute atomic E-state index is 12.9. The number of benzene rings is 2. The zero-order chi connectivity index (χ0) is 20.5. The molecule has 5 heteroatoms. The average molecular weight is 383 g/mol. The Morgan fingerprint density at radius 1 is 1.00 bits per heavy atom. The molecule has 5 nitrogen and oxygen atoms in total. The van der Waals surface area contributed by atoms with Crippen LogP contribution in [0.1, 0.15) is 31.9 Å². The van der Waals surface area contributed by atoms with Crippen molar-refractivity contribution in [2.24, 2.45) is 5.92 Å². The Kier molecular flexibility index (Phi) is 8.05. The molecule has 2 rings (SSSR count). The quantitative estimate of drug-likeness (QED) is 0.721. The minimum absolute atomic E-state index is 0.112. The minimum Gasteiger partial charge on any atom is -0.484 e. The zero-order valence-corrected chi connectivity index (χ0v) is 17.1. The summed E-state index contributed by atoms with van der Waals surface area (Å²) in [7, 11) is 0. The molecule has 2 aromatic carbocycles. The molecule has 0 fully saturated rings. The van der Waals surface area contributed by atoms with Crippen LogP contribution >= 0.6 is 0 Å². The summed E-state index contributed by atoms with van der Waals surface area (Å²) in [6, 6.07) is 16.6. The number of ether oxygens (including phenoxy) is 1. The van der Waals surface area contributed by atoms with E-state index in [-0.39, 0.29) is 18.4 Å². The van der Waals surface area contributed by atoms with Crippen LogP contribution in [0.3, 0.4) is 0 Å². The molecule has 0 aliphatic carbocycles. The van der Waals surface area contributed by atoms with Gasteiger partial charge in [-0.15, -0.1) is 0 Å². The van der Waals surface area contributed by atoms with E-state index in [1.165, 1.54) is 0 Å². The number of amides is 2. The molecule has 150 valence electrons. The normalized spacial score (nSPS) is 11.8. The number of para-hydroxylation sites is 1. The Bertz CT molecular complexity index is 774. The topological polar surface area (TPSA) is 58.6 Å². The number of carbonyl (C=O) groups is 2. The third kappa shape index (κ3) is 6.41. The third-order valence-electron chi connectivity index (χ3n) is 4.49. The van der Waals surface area contributed by atoms with E-state index in [9.17, 15) is 9.59 Å². The average Bonchev–Trinajstić information content (AvgIpc) is 2.69. The van der Waals surface area contributed by atoms with E-state index in [4.69, 9.17) is 4.74 Å². The third-order valence-corrected chi connectivity index (χ3v) is 4.49. The molecule has 0 aromatic heterocycles. The lowest BCUT2D eigenvalue weighted by atomic mass is 10.1. The summed E-state index contributed by atoms with van der Waals surface area (Å²) in [5.41, 5.74) is 1.93. The summed E-state index contributed by atoms with van der Waals surface area (Å²) in [6.07, 6.45) is 0. The Morgan fingerprint density at radius 3 is 2.29 bits per heavy atom. The monoisotopic (exact) mass is 382 g/mol. The van der Waals surface area contributed by atoms with Gasteiger partial charge >= 0.3 is 0 Å². The van der Waals surface area contributed by atoms with Crippen LogP contribution in [0.25, 0.3) is 0 Å².